The van der Waals surface area contributed by atoms with Crippen LogP contribution in [0.1, 0.15) is 40.3 Å². The van der Waals surface area contributed by atoms with Gasteiger partial charge >= 0.3 is 0 Å². The molecule has 7 nitrogen and oxygen atoms in total. The van der Waals surface area contributed by atoms with Crippen molar-refractivity contribution in [1.82, 2.24) is 19.7 Å². The normalized spacial score (nSPS) is 13.9. The first-order valence-corrected chi connectivity index (χ1v) is 9.83. The highest BCUT2D eigenvalue weighted by Crippen LogP contribution is 2.13. The molecule has 29 heavy (non-hydrogen) atoms. The minimum atomic E-state index is -0.201. The Morgan fingerprint density at radius 3 is 2.28 bits per heavy atom. The van der Waals surface area contributed by atoms with Gasteiger partial charge in [0.25, 0.3) is 11.8 Å². The lowest BCUT2D eigenvalue weighted by molar-refractivity contribution is -0.130. The molecular formula is C22H26N4O3. The van der Waals surface area contributed by atoms with Crippen molar-refractivity contribution in [2.24, 2.45) is 0 Å². The Labute approximate surface area is 170 Å². The topological polar surface area (TPSA) is 73.8 Å². The smallest absolute Gasteiger partial charge is 0.272 e. The molecule has 1 aliphatic heterocycles. The molecule has 0 unspecified atom stereocenters. The molecule has 0 saturated carbocycles. The summed E-state index contributed by atoms with van der Waals surface area (Å²) in [6.07, 6.45) is 1.50. The summed E-state index contributed by atoms with van der Waals surface area (Å²) in [5.74, 6) is -0.324. The molecule has 0 N–H and O–H groups in total. The summed E-state index contributed by atoms with van der Waals surface area (Å²) in [7, 11) is 0. The summed E-state index contributed by atoms with van der Waals surface area (Å²) in [6.45, 7) is 6.51. The van der Waals surface area contributed by atoms with Gasteiger partial charge in [0.1, 0.15) is 5.69 Å². The lowest BCUT2D eigenvalue weighted by atomic mass is 10.1. The molecule has 1 aromatic carbocycles. The van der Waals surface area contributed by atoms with Crippen LogP contribution >= 0.6 is 0 Å². The summed E-state index contributed by atoms with van der Waals surface area (Å²) < 4.78 is 0. The Balaban J connectivity index is 1.70. The fourth-order valence-electron chi connectivity index (χ4n) is 3.38. The molecule has 1 fully saturated rings. The van der Waals surface area contributed by atoms with Crippen LogP contribution in [0.25, 0.3) is 0 Å². The van der Waals surface area contributed by atoms with E-state index in [1.807, 2.05) is 37.3 Å². The number of piperazine rings is 1. The Kier molecular flexibility index (Phi) is 6.59. The molecule has 0 atom stereocenters. The zero-order valence-corrected chi connectivity index (χ0v) is 16.9. The molecule has 3 amide bonds. The molecule has 0 spiro atoms. The van der Waals surface area contributed by atoms with Crippen LogP contribution in [0.3, 0.4) is 0 Å². The third-order valence-electron chi connectivity index (χ3n) is 5.12. The Morgan fingerprint density at radius 1 is 1.00 bits per heavy atom. The van der Waals surface area contributed by atoms with E-state index in [-0.39, 0.29) is 23.4 Å². The van der Waals surface area contributed by atoms with Crippen LogP contribution in [-0.4, -0.2) is 70.1 Å². The van der Waals surface area contributed by atoms with Gasteiger partial charge in [-0.05, 0) is 24.6 Å². The predicted molar refractivity (Wildman–Crippen MR) is 109 cm³/mol. The van der Waals surface area contributed by atoms with Crippen LogP contribution in [0.15, 0.2) is 48.7 Å². The first kappa shape index (κ1) is 20.5. The van der Waals surface area contributed by atoms with E-state index in [1.165, 1.54) is 13.1 Å². The van der Waals surface area contributed by atoms with E-state index < -0.39 is 0 Å². The number of aromatic nitrogens is 1. The van der Waals surface area contributed by atoms with Crippen LogP contribution in [0, 0.1) is 0 Å². The molecule has 3 rings (SSSR count). The maximum atomic E-state index is 12.9. The summed E-state index contributed by atoms with van der Waals surface area (Å²) in [5, 5.41) is 0. The van der Waals surface area contributed by atoms with Crippen molar-refractivity contribution < 1.29 is 14.4 Å². The van der Waals surface area contributed by atoms with Gasteiger partial charge in [0.05, 0.1) is 0 Å². The van der Waals surface area contributed by atoms with Gasteiger partial charge in [0, 0.05) is 58.0 Å². The number of amides is 3. The van der Waals surface area contributed by atoms with Gasteiger partial charge in [-0.3, -0.25) is 19.4 Å². The van der Waals surface area contributed by atoms with Crippen molar-refractivity contribution >= 4 is 17.7 Å². The van der Waals surface area contributed by atoms with Crippen LogP contribution in [0.2, 0.25) is 0 Å². The van der Waals surface area contributed by atoms with Gasteiger partial charge in [-0.25, -0.2) is 0 Å². The number of hydrogen-bond donors (Lipinski definition) is 0. The molecule has 1 aromatic heterocycles. The molecule has 0 aliphatic carbocycles. The maximum Gasteiger partial charge on any atom is 0.272 e. The molecule has 0 radical (unpaired) electrons. The van der Waals surface area contributed by atoms with Crippen molar-refractivity contribution in [3.63, 3.8) is 0 Å². The second kappa shape index (κ2) is 9.32. The van der Waals surface area contributed by atoms with E-state index in [9.17, 15) is 14.4 Å². The van der Waals surface area contributed by atoms with Crippen molar-refractivity contribution in [3.8, 4) is 0 Å². The molecule has 1 aliphatic rings. The minimum Gasteiger partial charge on any atom is -0.339 e. The van der Waals surface area contributed by atoms with E-state index >= 15 is 0 Å². The largest absolute Gasteiger partial charge is 0.339 e. The third kappa shape index (κ3) is 4.99. The van der Waals surface area contributed by atoms with Crippen molar-refractivity contribution in [2.75, 3.05) is 32.7 Å². The Bertz CT molecular complexity index is 877. The van der Waals surface area contributed by atoms with Crippen molar-refractivity contribution in [2.45, 2.75) is 20.4 Å². The minimum absolute atomic E-state index is 0.0203. The fourth-order valence-corrected chi connectivity index (χ4v) is 3.38. The first-order valence-electron chi connectivity index (χ1n) is 9.83. The van der Waals surface area contributed by atoms with Gasteiger partial charge in [-0.1, -0.05) is 30.3 Å². The monoisotopic (exact) mass is 394 g/mol. The maximum absolute atomic E-state index is 12.9. The van der Waals surface area contributed by atoms with Gasteiger partial charge in [-0.15, -0.1) is 0 Å². The van der Waals surface area contributed by atoms with Crippen molar-refractivity contribution in [1.29, 1.82) is 0 Å². The highest BCUT2D eigenvalue weighted by atomic mass is 16.2. The zero-order valence-electron chi connectivity index (χ0n) is 16.9. The highest BCUT2D eigenvalue weighted by molar-refractivity contribution is 5.98. The van der Waals surface area contributed by atoms with E-state index in [1.54, 1.807) is 26.8 Å². The van der Waals surface area contributed by atoms with E-state index in [4.69, 9.17) is 0 Å². The Hall–Kier alpha value is -3.22. The predicted octanol–water partition coefficient (Wildman–Crippen LogP) is 2.05. The average Bonchev–Trinajstić information content (AvgIpc) is 2.77. The quantitative estimate of drug-likeness (QED) is 0.778. The third-order valence-corrected chi connectivity index (χ3v) is 5.12. The SMILES string of the molecule is CCN(Cc1ccccc1)C(=O)c1cc(C(=O)N2CCN(C(C)=O)CC2)ccn1. The number of benzene rings is 1. The van der Waals surface area contributed by atoms with E-state index in [2.05, 4.69) is 4.98 Å². The average molecular weight is 394 g/mol. The number of hydrogen-bond acceptors (Lipinski definition) is 4. The molecule has 1 saturated heterocycles. The fraction of sp³-hybridized carbons (Fsp3) is 0.364. The summed E-state index contributed by atoms with van der Waals surface area (Å²) in [6, 6.07) is 13.0. The second-order valence-electron chi connectivity index (χ2n) is 7.03. The zero-order chi connectivity index (χ0) is 20.8. The van der Waals surface area contributed by atoms with Crippen LogP contribution in [0.5, 0.6) is 0 Å². The summed E-state index contributed by atoms with van der Waals surface area (Å²) >= 11 is 0. The molecule has 0 bridgehead atoms. The number of nitrogens with zero attached hydrogens (tertiary/aromatic N) is 4. The standard InChI is InChI=1S/C22H26N4O3/c1-3-24(16-18-7-5-4-6-8-18)22(29)20-15-19(9-10-23-20)21(28)26-13-11-25(12-14-26)17(2)27/h4-10,15H,3,11-14,16H2,1-2H3. The van der Waals surface area contributed by atoms with Crippen LogP contribution < -0.4 is 0 Å². The van der Waals surface area contributed by atoms with Gasteiger partial charge in [0.2, 0.25) is 5.91 Å². The summed E-state index contributed by atoms with van der Waals surface area (Å²) in [4.78, 5) is 46.6. The number of carbonyl (C=O) groups is 3. The van der Waals surface area contributed by atoms with Gasteiger partial charge in [0.15, 0.2) is 0 Å². The lowest BCUT2D eigenvalue weighted by Crippen LogP contribution is -2.50. The van der Waals surface area contributed by atoms with Crippen molar-refractivity contribution in [3.05, 3.63) is 65.5 Å². The molecule has 152 valence electrons. The van der Waals surface area contributed by atoms with Gasteiger partial charge < -0.3 is 14.7 Å². The number of rotatable bonds is 5. The number of pyridine rings is 1. The molecule has 2 aromatic rings. The number of carbonyl (C=O) groups excluding carboxylic acids is 3. The molecule has 7 heteroatoms. The van der Waals surface area contributed by atoms with E-state index in [0.717, 1.165) is 5.56 Å². The first-order chi connectivity index (χ1) is 14.0. The highest BCUT2D eigenvalue weighted by Gasteiger charge is 2.24. The Morgan fingerprint density at radius 2 is 1.66 bits per heavy atom. The van der Waals surface area contributed by atoms with E-state index in [0.29, 0.717) is 44.8 Å². The molecule has 2 heterocycles. The second-order valence-corrected chi connectivity index (χ2v) is 7.03. The lowest BCUT2D eigenvalue weighted by Gasteiger charge is -2.34. The van der Waals surface area contributed by atoms with Gasteiger partial charge in [-0.2, -0.15) is 0 Å². The van der Waals surface area contributed by atoms with Crippen LogP contribution in [-0.2, 0) is 11.3 Å². The van der Waals surface area contributed by atoms with Crippen LogP contribution in [0.4, 0.5) is 0 Å². The summed E-state index contributed by atoms with van der Waals surface area (Å²) in [5.41, 5.74) is 1.74. The molecular weight excluding hydrogens is 368 g/mol.